The maximum absolute atomic E-state index is 12.4. The molecular formula is C17H11NO2. The van der Waals surface area contributed by atoms with E-state index in [9.17, 15) is 9.59 Å². The molecule has 0 atom stereocenters. The molecule has 0 fully saturated rings. The predicted octanol–water partition coefficient (Wildman–Crippen LogP) is 3.22. The third kappa shape index (κ3) is 1.24. The molecule has 0 aromatic heterocycles. The Kier molecular flexibility index (Phi) is 2.05. The van der Waals surface area contributed by atoms with Gasteiger partial charge in [-0.1, -0.05) is 36.4 Å². The molecule has 2 amide bonds. The van der Waals surface area contributed by atoms with Crippen molar-refractivity contribution < 1.29 is 9.59 Å². The maximum atomic E-state index is 12.4. The minimum Gasteiger partial charge on any atom is -0.277 e. The van der Waals surface area contributed by atoms with E-state index in [1.807, 2.05) is 42.5 Å². The first-order valence-corrected chi connectivity index (χ1v) is 6.45. The molecule has 0 saturated heterocycles. The Bertz CT molecular complexity index is 911. The molecule has 3 heteroatoms. The number of amides is 2. The Labute approximate surface area is 115 Å². The number of rotatable bonds is 0. The van der Waals surface area contributed by atoms with Crippen molar-refractivity contribution in [1.29, 1.82) is 0 Å². The van der Waals surface area contributed by atoms with Crippen molar-refractivity contribution in [3.63, 3.8) is 0 Å². The van der Waals surface area contributed by atoms with E-state index in [4.69, 9.17) is 0 Å². The minimum absolute atomic E-state index is 0.232. The summed E-state index contributed by atoms with van der Waals surface area (Å²) in [4.78, 5) is 25.8. The average Bonchev–Trinajstić information content (AvgIpc) is 2.50. The first-order valence-electron chi connectivity index (χ1n) is 6.45. The highest BCUT2D eigenvalue weighted by Gasteiger charge is 2.30. The molecule has 0 N–H and O–H groups in total. The molecule has 0 unspecified atom stereocenters. The van der Waals surface area contributed by atoms with Crippen LogP contribution in [-0.4, -0.2) is 23.8 Å². The third-order valence-electron chi connectivity index (χ3n) is 3.95. The van der Waals surface area contributed by atoms with Crippen LogP contribution < -0.4 is 0 Å². The zero-order valence-corrected chi connectivity index (χ0v) is 10.9. The summed E-state index contributed by atoms with van der Waals surface area (Å²) in [7, 11) is 1.53. The van der Waals surface area contributed by atoms with Crippen molar-refractivity contribution in [3.05, 3.63) is 59.7 Å². The van der Waals surface area contributed by atoms with Crippen molar-refractivity contribution in [2.45, 2.75) is 0 Å². The number of fused-ring (bicyclic) bond motifs is 2. The Morgan fingerprint density at radius 3 is 2.35 bits per heavy atom. The first kappa shape index (κ1) is 11.2. The number of hydrogen-bond acceptors (Lipinski definition) is 2. The predicted molar refractivity (Wildman–Crippen MR) is 77.9 cm³/mol. The topological polar surface area (TPSA) is 37.4 Å². The number of benzene rings is 3. The van der Waals surface area contributed by atoms with E-state index in [-0.39, 0.29) is 11.8 Å². The lowest BCUT2D eigenvalue weighted by atomic mass is 9.90. The van der Waals surface area contributed by atoms with E-state index in [2.05, 4.69) is 0 Å². The molecule has 3 nitrogen and oxygen atoms in total. The van der Waals surface area contributed by atoms with E-state index in [1.165, 1.54) is 11.9 Å². The lowest BCUT2D eigenvalue weighted by Crippen LogP contribution is -2.36. The molecule has 0 aliphatic carbocycles. The molecule has 0 bridgehead atoms. The smallest absolute Gasteiger partial charge is 0.261 e. The Balaban J connectivity index is 2.31. The van der Waals surface area contributed by atoms with Crippen LogP contribution in [0.3, 0.4) is 0 Å². The second kappa shape index (κ2) is 3.67. The molecule has 3 aromatic rings. The molecule has 1 aliphatic rings. The van der Waals surface area contributed by atoms with Crippen molar-refractivity contribution in [3.8, 4) is 0 Å². The number of nitrogens with zero attached hydrogens (tertiary/aromatic N) is 1. The van der Waals surface area contributed by atoms with Crippen LogP contribution in [0.5, 0.6) is 0 Å². The summed E-state index contributed by atoms with van der Waals surface area (Å²) in [6.07, 6.45) is 0. The summed E-state index contributed by atoms with van der Waals surface area (Å²) in [5.74, 6) is -0.465. The molecule has 20 heavy (non-hydrogen) atoms. The lowest BCUT2D eigenvalue weighted by Gasteiger charge is -2.24. The third-order valence-corrected chi connectivity index (χ3v) is 3.95. The van der Waals surface area contributed by atoms with Gasteiger partial charge < -0.3 is 0 Å². The summed E-state index contributed by atoms with van der Waals surface area (Å²) in [5, 5.41) is 3.83. The average molecular weight is 261 g/mol. The Morgan fingerprint density at radius 1 is 0.800 bits per heavy atom. The fourth-order valence-electron chi connectivity index (χ4n) is 2.96. The van der Waals surface area contributed by atoms with Gasteiger partial charge in [0.05, 0.1) is 0 Å². The van der Waals surface area contributed by atoms with Crippen LogP contribution in [0.2, 0.25) is 0 Å². The molecule has 0 radical (unpaired) electrons. The number of hydrogen-bond donors (Lipinski definition) is 0. The highest BCUT2D eigenvalue weighted by molar-refractivity contribution is 6.29. The zero-order chi connectivity index (χ0) is 13.9. The first-order chi connectivity index (χ1) is 9.68. The monoisotopic (exact) mass is 261 g/mol. The van der Waals surface area contributed by atoms with Gasteiger partial charge in [-0.2, -0.15) is 0 Å². The quantitative estimate of drug-likeness (QED) is 0.460. The van der Waals surface area contributed by atoms with E-state index in [1.54, 1.807) is 6.07 Å². The van der Waals surface area contributed by atoms with Crippen LogP contribution in [0, 0.1) is 0 Å². The van der Waals surface area contributed by atoms with Crippen LogP contribution in [0.1, 0.15) is 20.7 Å². The molecule has 0 spiro atoms. The van der Waals surface area contributed by atoms with Crippen molar-refractivity contribution in [2.75, 3.05) is 7.05 Å². The highest BCUT2D eigenvalue weighted by atomic mass is 16.2. The number of imide groups is 1. The fourth-order valence-corrected chi connectivity index (χ4v) is 2.96. The fraction of sp³-hybridized carbons (Fsp3) is 0.0588. The van der Waals surface area contributed by atoms with Gasteiger partial charge in [-0.3, -0.25) is 14.5 Å². The van der Waals surface area contributed by atoms with E-state index in [0.29, 0.717) is 11.1 Å². The van der Waals surface area contributed by atoms with E-state index in [0.717, 1.165) is 21.5 Å². The van der Waals surface area contributed by atoms with Gasteiger partial charge in [-0.15, -0.1) is 0 Å². The van der Waals surface area contributed by atoms with Gasteiger partial charge >= 0.3 is 0 Å². The van der Waals surface area contributed by atoms with Gasteiger partial charge in [0.15, 0.2) is 0 Å². The van der Waals surface area contributed by atoms with E-state index < -0.39 is 0 Å². The van der Waals surface area contributed by atoms with Gasteiger partial charge in [-0.05, 0) is 28.3 Å². The van der Waals surface area contributed by atoms with Crippen LogP contribution in [0.4, 0.5) is 0 Å². The normalized spacial score (nSPS) is 14.3. The van der Waals surface area contributed by atoms with Crippen molar-refractivity contribution in [1.82, 2.24) is 4.90 Å². The molecule has 96 valence electrons. The van der Waals surface area contributed by atoms with Crippen LogP contribution in [-0.2, 0) is 0 Å². The molecule has 4 rings (SSSR count). The zero-order valence-electron chi connectivity index (χ0n) is 10.9. The van der Waals surface area contributed by atoms with Crippen LogP contribution in [0.25, 0.3) is 21.5 Å². The summed E-state index contributed by atoms with van der Waals surface area (Å²) < 4.78 is 0. The van der Waals surface area contributed by atoms with Crippen molar-refractivity contribution in [2.24, 2.45) is 0 Å². The van der Waals surface area contributed by atoms with Crippen LogP contribution in [0.15, 0.2) is 48.5 Å². The standard InChI is InChI=1S/C17H11NO2/c1-18-16(19)13-8-4-7-12-11-6-3-2-5-10(11)9-14(15(12)13)17(18)20/h2-9H,1H3. The van der Waals surface area contributed by atoms with Gasteiger partial charge in [0.25, 0.3) is 11.8 Å². The summed E-state index contributed by atoms with van der Waals surface area (Å²) in [6.45, 7) is 0. The Morgan fingerprint density at radius 2 is 1.50 bits per heavy atom. The SMILES string of the molecule is CN1C(=O)c2cccc3c2c(cc2ccccc23)C1=O. The largest absolute Gasteiger partial charge is 0.277 e. The van der Waals surface area contributed by atoms with E-state index >= 15 is 0 Å². The molecular weight excluding hydrogens is 250 g/mol. The molecule has 1 aliphatic heterocycles. The van der Waals surface area contributed by atoms with Gasteiger partial charge in [0.2, 0.25) is 0 Å². The second-order valence-electron chi connectivity index (χ2n) is 5.04. The lowest BCUT2D eigenvalue weighted by molar-refractivity contribution is 0.0651. The van der Waals surface area contributed by atoms with Gasteiger partial charge in [0, 0.05) is 23.6 Å². The number of carbonyl (C=O) groups is 2. The molecule has 1 heterocycles. The van der Waals surface area contributed by atoms with Gasteiger partial charge in [0.1, 0.15) is 0 Å². The van der Waals surface area contributed by atoms with Gasteiger partial charge in [-0.25, -0.2) is 0 Å². The number of carbonyl (C=O) groups excluding carboxylic acids is 2. The highest BCUT2D eigenvalue weighted by Crippen LogP contribution is 2.34. The molecule has 0 saturated carbocycles. The summed E-state index contributed by atoms with van der Waals surface area (Å²) in [6, 6.07) is 15.4. The van der Waals surface area contributed by atoms with Crippen molar-refractivity contribution >= 4 is 33.4 Å². The second-order valence-corrected chi connectivity index (χ2v) is 5.04. The summed E-state index contributed by atoms with van der Waals surface area (Å²) >= 11 is 0. The Hall–Kier alpha value is -2.68. The van der Waals surface area contributed by atoms with Crippen LogP contribution >= 0.6 is 0 Å². The minimum atomic E-state index is -0.233. The summed E-state index contributed by atoms with van der Waals surface area (Å²) in [5.41, 5.74) is 1.21. The maximum Gasteiger partial charge on any atom is 0.261 e. The molecule has 3 aromatic carbocycles.